The van der Waals surface area contributed by atoms with Crippen LogP contribution >= 0.6 is 0 Å². The Morgan fingerprint density at radius 3 is 2.56 bits per heavy atom. The highest BCUT2D eigenvalue weighted by Crippen LogP contribution is 2.48. The van der Waals surface area contributed by atoms with Crippen molar-refractivity contribution in [2.24, 2.45) is 5.92 Å². The predicted octanol–water partition coefficient (Wildman–Crippen LogP) is 2.06. The van der Waals surface area contributed by atoms with Crippen molar-refractivity contribution in [3.63, 3.8) is 0 Å². The largest absolute Gasteiger partial charge is 0.377 e. The van der Waals surface area contributed by atoms with E-state index in [1.54, 1.807) is 12.4 Å². The van der Waals surface area contributed by atoms with Gasteiger partial charge in [-0.1, -0.05) is 30.3 Å². The van der Waals surface area contributed by atoms with Crippen LogP contribution in [0.25, 0.3) is 0 Å². The quantitative estimate of drug-likeness (QED) is 0.821. The second kappa shape index (κ2) is 3.46. The van der Waals surface area contributed by atoms with Crippen LogP contribution in [0.4, 0.5) is 0 Å². The van der Waals surface area contributed by atoms with Crippen molar-refractivity contribution in [1.82, 2.24) is 9.97 Å². The van der Waals surface area contributed by atoms with E-state index in [1.807, 2.05) is 30.3 Å². The summed E-state index contributed by atoms with van der Waals surface area (Å²) in [6, 6.07) is 9.78. The molecule has 1 aromatic carbocycles. The summed E-state index contributed by atoms with van der Waals surface area (Å²) in [5.41, 5.74) is -0.0162. The van der Waals surface area contributed by atoms with E-state index in [0.717, 1.165) is 18.4 Å². The summed E-state index contributed by atoms with van der Waals surface area (Å²) in [4.78, 5) is 7.26. The van der Waals surface area contributed by atoms with E-state index < -0.39 is 5.60 Å². The van der Waals surface area contributed by atoms with E-state index in [9.17, 15) is 5.11 Å². The first-order valence-electron chi connectivity index (χ1n) is 5.59. The lowest BCUT2D eigenvalue weighted by Crippen LogP contribution is -2.31. The van der Waals surface area contributed by atoms with Crippen LogP contribution in [0.15, 0.2) is 42.7 Å². The van der Waals surface area contributed by atoms with Crippen LogP contribution in [-0.4, -0.2) is 15.1 Å². The first-order valence-corrected chi connectivity index (χ1v) is 5.59. The van der Waals surface area contributed by atoms with E-state index in [4.69, 9.17) is 0 Å². The zero-order valence-electron chi connectivity index (χ0n) is 8.93. The number of aromatic amines is 1. The monoisotopic (exact) mass is 214 g/mol. The summed E-state index contributed by atoms with van der Waals surface area (Å²) >= 11 is 0. The van der Waals surface area contributed by atoms with Crippen LogP contribution in [0.3, 0.4) is 0 Å². The molecule has 0 bridgehead atoms. The van der Waals surface area contributed by atoms with Gasteiger partial charge in [0.25, 0.3) is 0 Å². The number of benzene rings is 1. The number of H-pyrrole nitrogens is 1. The molecule has 3 rings (SSSR count). The third-order valence-electron chi connectivity index (χ3n) is 3.24. The van der Waals surface area contributed by atoms with Crippen LogP contribution in [0.1, 0.15) is 24.2 Å². The van der Waals surface area contributed by atoms with Gasteiger partial charge in [-0.3, -0.25) is 0 Å². The summed E-state index contributed by atoms with van der Waals surface area (Å²) in [6.07, 6.45) is 5.56. The molecule has 1 aromatic heterocycles. The zero-order chi connectivity index (χ0) is 11.0. The van der Waals surface area contributed by atoms with E-state index in [0.29, 0.717) is 11.7 Å². The molecular formula is C13H14N2O. The maximum absolute atomic E-state index is 10.9. The van der Waals surface area contributed by atoms with Gasteiger partial charge in [-0.2, -0.15) is 0 Å². The molecule has 1 saturated carbocycles. The van der Waals surface area contributed by atoms with E-state index in [-0.39, 0.29) is 0 Å². The van der Waals surface area contributed by atoms with Crippen molar-refractivity contribution in [3.8, 4) is 0 Å². The second-order valence-electron chi connectivity index (χ2n) is 4.34. The molecular weight excluding hydrogens is 200 g/mol. The number of aromatic nitrogens is 2. The minimum atomic E-state index is -0.940. The number of nitrogens with zero attached hydrogens (tertiary/aromatic N) is 1. The Bertz CT molecular complexity index is 462. The molecule has 1 fully saturated rings. The second-order valence-corrected chi connectivity index (χ2v) is 4.34. The first-order chi connectivity index (χ1) is 7.82. The van der Waals surface area contributed by atoms with Gasteiger partial charge in [0.2, 0.25) is 0 Å². The van der Waals surface area contributed by atoms with Crippen LogP contribution in [0.5, 0.6) is 0 Å². The van der Waals surface area contributed by atoms with Crippen LogP contribution in [-0.2, 0) is 5.60 Å². The number of imidazole rings is 1. The van der Waals surface area contributed by atoms with Gasteiger partial charge >= 0.3 is 0 Å². The molecule has 3 heteroatoms. The third-order valence-corrected chi connectivity index (χ3v) is 3.24. The highest BCUT2D eigenvalue weighted by molar-refractivity contribution is 5.32. The van der Waals surface area contributed by atoms with Gasteiger partial charge in [-0.15, -0.1) is 0 Å². The van der Waals surface area contributed by atoms with Crippen LogP contribution < -0.4 is 0 Å². The van der Waals surface area contributed by atoms with Gasteiger partial charge in [0.05, 0.1) is 0 Å². The molecule has 82 valence electrons. The Kier molecular flexibility index (Phi) is 2.07. The standard InChI is InChI=1S/C13H14N2O/c16-13(11-6-7-11,12-14-8-9-15-12)10-4-2-1-3-5-10/h1-5,8-9,11,16H,6-7H2,(H,14,15). The number of aliphatic hydroxyl groups is 1. The van der Waals surface area contributed by atoms with E-state index in [1.165, 1.54) is 0 Å². The van der Waals surface area contributed by atoms with Crippen molar-refractivity contribution in [3.05, 3.63) is 54.1 Å². The van der Waals surface area contributed by atoms with Crippen molar-refractivity contribution in [2.45, 2.75) is 18.4 Å². The summed E-state index contributed by atoms with van der Waals surface area (Å²) in [5, 5.41) is 10.9. The molecule has 2 aromatic rings. The lowest BCUT2D eigenvalue weighted by Gasteiger charge is -2.26. The van der Waals surface area contributed by atoms with Gasteiger partial charge in [0, 0.05) is 12.4 Å². The van der Waals surface area contributed by atoms with Gasteiger partial charge < -0.3 is 10.1 Å². The number of rotatable bonds is 3. The topological polar surface area (TPSA) is 48.9 Å². The molecule has 1 heterocycles. The fourth-order valence-electron chi connectivity index (χ4n) is 2.23. The van der Waals surface area contributed by atoms with Crippen LogP contribution in [0, 0.1) is 5.92 Å². The van der Waals surface area contributed by atoms with Crippen molar-refractivity contribution in [1.29, 1.82) is 0 Å². The lowest BCUT2D eigenvalue weighted by atomic mass is 9.88. The van der Waals surface area contributed by atoms with Crippen LogP contribution in [0.2, 0.25) is 0 Å². The van der Waals surface area contributed by atoms with E-state index in [2.05, 4.69) is 9.97 Å². The molecule has 1 unspecified atom stereocenters. The fourth-order valence-corrected chi connectivity index (χ4v) is 2.23. The van der Waals surface area contributed by atoms with Crippen molar-refractivity contribution in [2.75, 3.05) is 0 Å². The third kappa shape index (κ3) is 1.36. The summed E-state index contributed by atoms with van der Waals surface area (Å²) < 4.78 is 0. The zero-order valence-corrected chi connectivity index (χ0v) is 8.93. The highest BCUT2D eigenvalue weighted by Gasteiger charge is 2.48. The molecule has 0 spiro atoms. The first kappa shape index (κ1) is 9.60. The molecule has 1 aliphatic carbocycles. The maximum atomic E-state index is 10.9. The molecule has 16 heavy (non-hydrogen) atoms. The molecule has 0 aliphatic heterocycles. The Labute approximate surface area is 94.2 Å². The number of hydrogen-bond donors (Lipinski definition) is 2. The molecule has 3 nitrogen and oxygen atoms in total. The SMILES string of the molecule is OC(c1ccccc1)(c1ncc[nH]1)C1CC1. The molecule has 1 aliphatic rings. The smallest absolute Gasteiger partial charge is 0.150 e. The predicted molar refractivity (Wildman–Crippen MR) is 60.8 cm³/mol. The molecule has 0 amide bonds. The summed E-state index contributed by atoms with van der Waals surface area (Å²) in [7, 11) is 0. The lowest BCUT2D eigenvalue weighted by molar-refractivity contribution is 0.0480. The summed E-state index contributed by atoms with van der Waals surface area (Å²) in [5.74, 6) is 0.947. The molecule has 0 radical (unpaired) electrons. The highest BCUT2D eigenvalue weighted by atomic mass is 16.3. The normalized spacial score (nSPS) is 19.3. The van der Waals surface area contributed by atoms with E-state index >= 15 is 0 Å². The Morgan fingerprint density at radius 2 is 2.00 bits per heavy atom. The van der Waals surface area contributed by atoms with Gasteiger partial charge in [-0.25, -0.2) is 4.98 Å². The fraction of sp³-hybridized carbons (Fsp3) is 0.308. The Balaban J connectivity index is 2.10. The minimum absolute atomic E-state index is 0.293. The maximum Gasteiger partial charge on any atom is 0.150 e. The average molecular weight is 214 g/mol. The molecule has 1 atom stereocenters. The van der Waals surface area contributed by atoms with Gasteiger partial charge in [0.1, 0.15) is 11.4 Å². The molecule has 0 saturated heterocycles. The van der Waals surface area contributed by atoms with Crippen molar-refractivity contribution < 1.29 is 5.11 Å². The van der Waals surface area contributed by atoms with Gasteiger partial charge in [-0.05, 0) is 24.3 Å². The van der Waals surface area contributed by atoms with Crippen molar-refractivity contribution >= 4 is 0 Å². The molecule has 2 N–H and O–H groups in total. The Hall–Kier alpha value is -1.61. The minimum Gasteiger partial charge on any atom is -0.377 e. The van der Waals surface area contributed by atoms with Gasteiger partial charge in [0.15, 0.2) is 0 Å². The Morgan fingerprint density at radius 1 is 1.25 bits per heavy atom. The number of hydrogen-bond acceptors (Lipinski definition) is 2. The number of nitrogens with one attached hydrogen (secondary N) is 1. The average Bonchev–Trinajstić information content (AvgIpc) is 3.05. The summed E-state index contributed by atoms with van der Waals surface area (Å²) in [6.45, 7) is 0.